The third-order valence-corrected chi connectivity index (χ3v) is 6.27. The molecule has 1 N–H and O–H groups in total. The molecule has 1 aromatic carbocycles. The minimum atomic E-state index is -3.91. The Balaban J connectivity index is 1.63. The molecule has 5 nitrogen and oxygen atoms in total. The zero-order valence-electron chi connectivity index (χ0n) is 12.5. The number of carbonyl (C=O) groups is 1. The Kier molecular flexibility index (Phi) is 4.75. The molecule has 2 aliphatic rings. The van der Waals surface area contributed by atoms with Gasteiger partial charge in [0, 0.05) is 29.5 Å². The molecule has 0 aromatic heterocycles. The molecule has 0 unspecified atom stereocenters. The fourth-order valence-electron chi connectivity index (χ4n) is 2.77. The third kappa shape index (κ3) is 3.92. The van der Waals surface area contributed by atoms with Crippen LogP contribution in [0, 0.1) is 11.7 Å². The minimum Gasteiger partial charge on any atom is -0.342 e. The number of amides is 1. The van der Waals surface area contributed by atoms with Gasteiger partial charge in [0.2, 0.25) is 15.9 Å². The van der Waals surface area contributed by atoms with Crippen LogP contribution in [-0.2, 0) is 14.8 Å². The first-order valence-corrected chi connectivity index (χ1v) is 9.90. The van der Waals surface area contributed by atoms with Crippen LogP contribution in [0.15, 0.2) is 27.6 Å². The maximum atomic E-state index is 13.8. The lowest BCUT2D eigenvalue weighted by atomic mass is 10.1. The van der Waals surface area contributed by atoms with E-state index in [9.17, 15) is 17.6 Å². The third-order valence-electron chi connectivity index (χ3n) is 4.24. The van der Waals surface area contributed by atoms with Crippen LogP contribution >= 0.6 is 15.9 Å². The Morgan fingerprint density at radius 1 is 1.22 bits per heavy atom. The molecular formula is C15H18BrFN2O3S. The van der Waals surface area contributed by atoms with E-state index in [1.54, 1.807) is 0 Å². The van der Waals surface area contributed by atoms with Crippen molar-refractivity contribution in [3.63, 3.8) is 0 Å². The van der Waals surface area contributed by atoms with Crippen LogP contribution < -0.4 is 4.72 Å². The Labute approximate surface area is 143 Å². The van der Waals surface area contributed by atoms with Gasteiger partial charge in [-0.1, -0.05) is 15.9 Å². The molecule has 0 spiro atoms. The number of benzene rings is 1. The molecule has 0 atom stereocenters. The summed E-state index contributed by atoms with van der Waals surface area (Å²) >= 11 is 3.15. The fourth-order valence-corrected chi connectivity index (χ4v) is 4.69. The first-order chi connectivity index (χ1) is 10.9. The number of carbonyl (C=O) groups excluding carboxylic acids is 1. The van der Waals surface area contributed by atoms with Gasteiger partial charge in [-0.2, -0.15) is 0 Å². The number of rotatable bonds is 4. The molecule has 23 heavy (non-hydrogen) atoms. The van der Waals surface area contributed by atoms with Gasteiger partial charge in [-0.15, -0.1) is 0 Å². The van der Waals surface area contributed by atoms with Crippen LogP contribution in [0.3, 0.4) is 0 Å². The summed E-state index contributed by atoms with van der Waals surface area (Å²) in [6.07, 6.45) is 3.03. The number of nitrogens with one attached hydrogen (secondary N) is 1. The van der Waals surface area contributed by atoms with Crippen LogP contribution in [0.2, 0.25) is 0 Å². The number of piperidine rings is 1. The van der Waals surface area contributed by atoms with Gasteiger partial charge in [0.25, 0.3) is 0 Å². The Morgan fingerprint density at radius 3 is 2.48 bits per heavy atom. The maximum Gasteiger partial charge on any atom is 0.243 e. The average Bonchev–Trinajstić information content (AvgIpc) is 3.34. The van der Waals surface area contributed by atoms with E-state index < -0.39 is 15.8 Å². The number of hydrogen-bond donors (Lipinski definition) is 1. The lowest BCUT2D eigenvalue weighted by molar-refractivity contribution is -0.133. The van der Waals surface area contributed by atoms with Gasteiger partial charge in [-0.05, 0) is 43.9 Å². The average molecular weight is 405 g/mol. The van der Waals surface area contributed by atoms with Crippen molar-refractivity contribution in [2.24, 2.45) is 5.92 Å². The van der Waals surface area contributed by atoms with E-state index in [0.717, 1.165) is 18.9 Å². The van der Waals surface area contributed by atoms with E-state index in [1.165, 1.54) is 12.1 Å². The molecule has 0 bridgehead atoms. The summed E-state index contributed by atoms with van der Waals surface area (Å²) in [6, 6.07) is 3.55. The number of hydrogen-bond acceptors (Lipinski definition) is 3. The van der Waals surface area contributed by atoms with Crippen LogP contribution in [0.25, 0.3) is 0 Å². The van der Waals surface area contributed by atoms with Gasteiger partial charge >= 0.3 is 0 Å². The van der Waals surface area contributed by atoms with Crippen molar-refractivity contribution < 1.29 is 17.6 Å². The second-order valence-electron chi connectivity index (χ2n) is 6.07. The molecule has 1 aromatic rings. The lowest BCUT2D eigenvalue weighted by Crippen LogP contribution is -2.47. The monoisotopic (exact) mass is 404 g/mol. The fraction of sp³-hybridized carbons (Fsp3) is 0.533. The van der Waals surface area contributed by atoms with Crippen LogP contribution in [0.5, 0.6) is 0 Å². The zero-order chi connectivity index (χ0) is 16.6. The number of nitrogens with zero attached hydrogens (tertiary/aromatic N) is 1. The molecule has 1 heterocycles. The quantitative estimate of drug-likeness (QED) is 0.836. The van der Waals surface area contributed by atoms with Crippen molar-refractivity contribution in [2.75, 3.05) is 13.1 Å². The lowest BCUT2D eigenvalue weighted by Gasteiger charge is -2.32. The van der Waals surface area contributed by atoms with Crippen LogP contribution in [0.4, 0.5) is 4.39 Å². The molecule has 3 rings (SSSR count). The van der Waals surface area contributed by atoms with Crippen molar-refractivity contribution in [1.82, 2.24) is 9.62 Å². The second-order valence-corrected chi connectivity index (χ2v) is 8.67. The zero-order valence-corrected chi connectivity index (χ0v) is 14.9. The van der Waals surface area contributed by atoms with Gasteiger partial charge in [0.15, 0.2) is 0 Å². The Morgan fingerprint density at radius 2 is 1.87 bits per heavy atom. The highest BCUT2D eigenvalue weighted by molar-refractivity contribution is 9.10. The SMILES string of the molecule is O=C(C1CC1)N1CCC(NS(=O)(=O)c2cc(Br)ccc2F)CC1. The minimum absolute atomic E-state index is 0.180. The topological polar surface area (TPSA) is 66.5 Å². The van der Waals surface area contributed by atoms with Crippen molar-refractivity contribution in [3.05, 3.63) is 28.5 Å². The molecule has 8 heteroatoms. The normalized spacial score (nSPS) is 19.8. The van der Waals surface area contributed by atoms with Crippen molar-refractivity contribution in [1.29, 1.82) is 0 Å². The first-order valence-electron chi connectivity index (χ1n) is 7.63. The summed E-state index contributed by atoms with van der Waals surface area (Å²) in [4.78, 5) is 13.4. The summed E-state index contributed by atoms with van der Waals surface area (Å²) in [7, 11) is -3.91. The van der Waals surface area contributed by atoms with Gasteiger partial charge in [-0.25, -0.2) is 17.5 Å². The summed E-state index contributed by atoms with van der Waals surface area (Å²) in [5, 5.41) is 0. The Hall–Kier alpha value is -0.990. The van der Waals surface area contributed by atoms with E-state index in [1.807, 2.05) is 4.90 Å². The van der Waals surface area contributed by atoms with Crippen molar-refractivity contribution >= 4 is 31.9 Å². The van der Waals surface area contributed by atoms with Gasteiger partial charge in [-0.3, -0.25) is 4.79 Å². The van der Waals surface area contributed by atoms with E-state index in [2.05, 4.69) is 20.7 Å². The van der Waals surface area contributed by atoms with E-state index in [4.69, 9.17) is 0 Å². The molecule has 1 saturated carbocycles. The van der Waals surface area contributed by atoms with Crippen LogP contribution in [-0.4, -0.2) is 38.4 Å². The standard InChI is InChI=1S/C15H18BrFN2O3S/c16-11-3-4-13(17)14(9-11)23(21,22)18-12-5-7-19(8-6-12)15(20)10-1-2-10/h3-4,9-10,12,18H,1-2,5-8H2. The summed E-state index contributed by atoms with van der Waals surface area (Å²) in [6.45, 7) is 1.09. The maximum absolute atomic E-state index is 13.8. The number of sulfonamides is 1. The number of likely N-dealkylation sites (tertiary alicyclic amines) is 1. The molecule has 1 amide bonds. The van der Waals surface area contributed by atoms with Gasteiger partial charge < -0.3 is 4.90 Å². The summed E-state index contributed by atoms with van der Waals surface area (Å²) in [5.41, 5.74) is 0. The molecule has 2 fully saturated rings. The predicted octanol–water partition coefficient (Wildman–Crippen LogP) is 2.27. The van der Waals surface area contributed by atoms with Crippen molar-refractivity contribution in [3.8, 4) is 0 Å². The molecule has 1 saturated heterocycles. The highest BCUT2D eigenvalue weighted by atomic mass is 79.9. The second kappa shape index (κ2) is 6.49. The molecule has 126 valence electrons. The first kappa shape index (κ1) is 16.9. The highest BCUT2D eigenvalue weighted by Gasteiger charge is 2.35. The molecule has 1 aliphatic heterocycles. The van der Waals surface area contributed by atoms with Gasteiger partial charge in [0.1, 0.15) is 10.7 Å². The summed E-state index contributed by atoms with van der Waals surface area (Å²) in [5.74, 6) is -0.412. The van der Waals surface area contributed by atoms with E-state index >= 15 is 0 Å². The van der Waals surface area contributed by atoms with E-state index in [-0.39, 0.29) is 22.8 Å². The Bertz CT molecular complexity index is 713. The molecule has 1 aliphatic carbocycles. The largest absolute Gasteiger partial charge is 0.342 e. The summed E-state index contributed by atoms with van der Waals surface area (Å²) < 4.78 is 41.6. The highest BCUT2D eigenvalue weighted by Crippen LogP contribution is 2.32. The molecular weight excluding hydrogens is 387 g/mol. The van der Waals surface area contributed by atoms with Crippen LogP contribution in [0.1, 0.15) is 25.7 Å². The van der Waals surface area contributed by atoms with Gasteiger partial charge in [0.05, 0.1) is 0 Å². The number of halogens is 2. The van der Waals surface area contributed by atoms with Crippen molar-refractivity contribution in [2.45, 2.75) is 36.6 Å². The smallest absolute Gasteiger partial charge is 0.243 e. The van der Waals surface area contributed by atoms with E-state index in [0.29, 0.717) is 30.4 Å². The predicted molar refractivity (Wildman–Crippen MR) is 86.7 cm³/mol. The molecule has 0 radical (unpaired) electrons.